The van der Waals surface area contributed by atoms with Crippen molar-refractivity contribution in [1.29, 1.82) is 0 Å². The number of rotatable bonds is 2. The van der Waals surface area contributed by atoms with Crippen LogP contribution in [-0.4, -0.2) is 51.3 Å². The van der Waals surface area contributed by atoms with Gasteiger partial charge < -0.3 is 20.5 Å². The number of fused-ring (bicyclic) bond motifs is 1. The molecule has 1 aromatic rings. The van der Waals surface area contributed by atoms with Gasteiger partial charge in [0.2, 0.25) is 0 Å². The fraction of sp³-hybridized carbons (Fsp3) is 0.417. The van der Waals surface area contributed by atoms with Gasteiger partial charge >= 0.3 is 26.2 Å². The van der Waals surface area contributed by atoms with Crippen LogP contribution in [0.2, 0.25) is 0 Å². The number of nitrogens with two attached hydrogens (primary N) is 1. The third-order valence-corrected chi connectivity index (χ3v) is 2.59. The average molecular weight is 498 g/mol. The first kappa shape index (κ1) is 18.9. The van der Waals surface area contributed by atoms with E-state index in [1.807, 2.05) is 0 Å². The van der Waals surface area contributed by atoms with Crippen molar-refractivity contribution in [1.82, 2.24) is 5.32 Å². The molecule has 1 aliphatic rings. The number of thiocarbonyl (C=S) groups is 1. The van der Waals surface area contributed by atoms with Gasteiger partial charge in [-0.05, 0) is 36.2 Å². The zero-order valence-corrected chi connectivity index (χ0v) is 18.4. The van der Waals surface area contributed by atoms with Crippen molar-refractivity contribution in [2.75, 3.05) is 20.8 Å². The summed E-state index contributed by atoms with van der Waals surface area (Å²) in [5.41, 5.74) is 7.38. The summed E-state index contributed by atoms with van der Waals surface area (Å²) in [5, 5.41) is 3.33. The van der Waals surface area contributed by atoms with Crippen LogP contribution in [0, 0.1) is 0 Å². The second-order valence-electron chi connectivity index (χ2n) is 3.74. The molecular formula is C12H21BiN2O2S2. The molecule has 108 valence electrons. The Morgan fingerprint density at radius 2 is 1.74 bits per heavy atom. The van der Waals surface area contributed by atoms with Gasteiger partial charge in [0.05, 0.1) is 14.2 Å². The Morgan fingerprint density at radius 3 is 2.21 bits per heavy atom. The molecular weight excluding hydrogens is 477 g/mol. The summed E-state index contributed by atoms with van der Waals surface area (Å²) in [4.78, 5) is 0. The maximum atomic E-state index is 5.26. The van der Waals surface area contributed by atoms with Gasteiger partial charge in [0.25, 0.3) is 0 Å². The third-order valence-electron chi connectivity index (χ3n) is 2.59. The minimum atomic E-state index is 0. The van der Waals surface area contributed by atoms with E-state index >= 15 is 0 Å². The molecule has 0 aromatic heterocycles. The molecule has 4 nitrogen and oxygen atoms in total. The van der Waals surface area contributed by atoms with Crippen molar-refractivity contribution in [3.8, 4) is 11.5 Å². The molecule has 3 N–H and O–H groups in total. The topological polar surface area (TPSA) is 56.5 Å². The second-order valence-corrected chi connectivity index (χ2v) is 4.97. The van der Waals surface area contributed by atoms with E-state index in [-0.39, 0.29) is 30.5 Å². The zero-order chi connectivity index (χ0) is 13.5. The van der Waals surface area contributed by atoms with Crippen LogP contribution in [0.15, 0.2) is 12.1 Å². The number of benzene rings is 1. The first-order valence-electron chi connectivity index (χ1n) is 5.51. The van der Waals surface area contributed by atoms with Gasteiger partial charge in [-0.15, -0.1) is 12.6 Å². The molecule has 0 radical (unpaired) electrons. The van der Waals surface area contributed by atoms with Crippen molar-refractivity contribution in [3.05, 3.63) is 23.3 Å². The van der Waals surface area contributed by atoms with Crippen LogP contribution in [0.3, 0.4) is 0 Å². The molecule has 0 aliphatic carbocycles. The number of nitrogens with one attached hydrogen (secondary N) is 1. The normalized spacial score (nSPS) is 12.2. The Balaban J connectivity index is 0.000000576. The van der Waals surface area contributed by atoms with Gasteiger partial charge in [0, 0.05) is 6.54 Å². The van der Waals surface area contributed by atoms with Crippen molar-refractivity contribution in [2.45, 2.75) is 13.0 Å². The first-order chi connectivity index (χ1) is 8.58. The van der Waals surface area contributed by atoms with Gasteiger partial charge in [-0.3, -0.25) is 0 Å². The van der Waals surface area contributed by atoms with E-state index in [0.29, 0.717) is 0 Å². The molecule has 0 fully saturated rings. The van der Waals surface area contributed by atoms with E-state index in [0.717, 1.165) is 31.0 Å². The quantitative estimate of drug-likeness (QED) is 0.312. The maximum absolute atomic E-state index is 5.26. The molecule has 0 atom stereocenters. The molecule has 0 saturated heterocycles. The molecule has 0 spiro atoms. The van der Waals surface area contributed by atoms with Gasteiger partial charge in [-0.1, -0.05) is 12.2 Å². The molecule has 2 rings (SSSR count). The Bertz CT molecular complexity index is 382. The zero-order valence-electron chi connectivity index (χ0n) is 11.2. The molecule has 1 heterocycles. The fourth-order valence-corrected chi connectivity index (χ4v) is 1.81. The molecule has 0 unspecified atom stereocenters. The molecule has 0 saturated carbocycles. The summed E-state index contributed by atoms with van der Waals surface area (Å²) in [7, 11) is 3.34. The first-order valence-corrected chi connectivity index (χ1v) is 6.37. The summed E-state index contributed by atoms with van der Waals surface area (Å²) >= 11 is 7.65. The van der Waals surface area contributed by atoms with Crippen molar-refractivity contribution in [2.24, 2.45) is 5.73 Å². The van der Waals surface area contributed by atoms with E-state index in [1.54, 1.807) is 14.2 Å². The number of ether oxygens (including phenoxy) is 2. The Kier molecular flexibility index (Phi) is 9.70. The minimum absolute atomic E-state index is 0. The van der Waals surface area contributed by atoms with Crippen LogP contribution in [-0.2, 0) is 13.0 Å². The predicted octanol–water partition coefficient (Wildman–Crippen LogP) is 0.325. The van der Waals surface area contributed by atoms with E-state index in [2.05, 4.69) is 42.3 Å². The van der Waals surface area contributed by atoms with E-state index < -0.39 is 0 Å². The van der Waals surface area contributed by atoms with Gasteiger partial charge in [-0.25, -0.2) is 0 Å². The van der Waals surface area contributed by atoms with E-state index in [1.165, 1.54) is 11.1 Å². The molecule has 0 amide bonds. The van der Waals surface area contributed by atoms with Crippen molar-refractivity contribution < 1.29 is 9.47 Å². The number of hydrogen-bond acceptors (Lipinski definition) is 4. The van der Waals surface area contributed by atoms with E-state index in [4.69, 9.17) is 15.2 Å². The average Bonchev–Trinajstić information content (AvgIpc) is 2.36. The Labute approximate surface area is 144 Å². The number of thiol groups is 1. The van der Waals surface area contributed by atoms with Crippen molar-refractivity contribution >= 4 is 55.4 Å². The van der Waals surface area contributed by atoms with Gasteiger partial charge in [0.15, 0.2) is 11.5 Å². The monoisotopic (exact) mass is 498 g/mol. The van der Waals surface area contributed by atoms with Gasteiger partial charge in [0.1, 0.15) is 4.32 Å². The molecule has 0 bridgehead atoms. The summed E-state index contributed by atoms with van der Waals surface area (Å²) < 4.78 is 10.7. The summed E-state index contributed by atoms with van der Waals surface area (Å²) in [6.45, 7) is 1.97. The number of hydrogen-bond donors (Lipinski definition) is 3. The summed E-state index contributed by atoms with van der Waals surface area (Å²) in [6, 6.07) is 4.13. The van der Waals surface area contributed by atoms with E-state index in [9.17, 15) is 0 Å². The molecule has 19 heavy (non-hydrogen) atoms. The standard InChI is InChI=1S/C11H15NO2.CH3NS2.Bi.3H/c1-13-10-5-8-3-4-12-7-9(8)6-11(10)14-2;2-1(3)4;;;;/h5-6,12H,3-4,7H2,1-2H3;(H3,2,3,4);;;;. The summed E-state index contributed by atoms with van der Waals surface area (Å²) in [6.07, 6.45) is 1.07. The second kappa shape index (κ2) is 9.75. The number of methoxy groups -OCH3 is 2. The van der Waals surface area contributed by atoms with Crippen LogP contribution in [0.1, 0.15) is 11.1 Å². The van der Waals surface area contributed by atoms with Crippen LogP contribution in [0.4, 0.5) is 0 Å². The molecule has 1 aliphatic heterocycles. The predicted molar refractivity (Wildman–Crippen MR) is 90.7 cm³/mol. The van der Waals surface area contributed by atoms with Crippen LogP contribution in [0.25, 0.3) is 0 Å². The van der Waals surface area contributed by atoms with Crippen molar-refractivity contribution in [3.63, 3.8) is 0 Å². The molecule has 7 heteroatoms. The Morgan fingerprint density at radius 1 is 1.26 bits per heavy atom. The van der Waals surface area contributed by atoms with Gasteiger partial charge in [-0.2, -0.15) is 0 Å². The fourth-order valence-electron chi connectivity index (χ4n) is 1.81. The third kappa shape index (κ3) is 6.26. The molecule has 1 aromatic carbocycles. The Hall–Kier alpha value is -0.0969. The summed E-state index contributed by atoms with van der Waals surface area (Å²) in [5.74, 6) is 1.64. The van der Waals surface area contributed by atoms with Crippen LogP contribution < -0.4 is 20.5 Å². The SMILES string of the molecule is COc1cc2c(cc1OC)CNCC2.NC(=S)S.[BiH3]. The van der Waals surface area contributed by atoms with Crippen LogP contribution in [0.5, 0.6) is 11.5 Å². The van der Waals surface area contributed by atoms with Crippen LogP contribution >= 0.6 is 24.8 Å².